The number of fused-ring (bicyclic) bond motifs is 1. The third-order valence-corrected chi connectivity index (χ3v) is 4.83. The van der Waals surface area contributed by atoms with Crippen molar-refractivity contribution >= 4 is 39.9 Å². The van der Waals surface area contributed by atoms with E-state index in [0.717, 1.165) is 38.1 Å². The number of halogens is 2. The van der Waals surface area contributed by atoms with Gasteiger partial charge < -0.3 is 20.5 Å². The Kier molecular flexibility index (Phi) is 5.02. The summed E-state index contributed by atoms with van der Waals surface area (Å²) in [5.74, 6) is -3.56. The van der Waals surface area contributed by atoms with Gasteiger partial charge in [0, 0.05) is 30.7 Å². The normalized spacial score (nSPS) is 13.3. The highest BCUT2D eigenvalue weighted by molar-refractivity contribution is 6.44. The van der Waals surface area contributed by atoms with Crippen LogP contribution in [0.2, 0.25) is 0 Å². The van der Waals surface area contributed by atoms with Crippen molar-refractivity contribution in [3.8, 4) is 6.07 Å². The molecule has 10 heteroatoms. The molecule has 3 heterocycles. The average Bonchev–Trinajstić information content (AvgIpc) is 3.39. The van der Waals surface area contributed by atoms with Crippen molar-refractivity contribution in [1.29, 1.82) is 5.26 Å². The van der Waals surface area contributed by atoms with E-state index >= 15 is 0 Å². The highest BCUT2D eigenvalue weighted by Gasteiger charge is 2.20. The van der Waals surface area contributed by atoms with Gasteiger partial charge in [0.05, 0.1) is 28.7 Å². The number of aromatic nitrogens is 2. The number of carbonyl (C=O) groups excluding carboxylic acids is 2. The highest BCUT2D eigenvalue weighted by Crippen LogP contribution is 2.26. The maximum Gasteiger partial charge on any atom is 0.314 e. The summed E-state index contributed by atoms with van der Waals surface area (Å²) in [6.45, 7) is 1.62. The molecule has 0 unspecified atom stereocenters. The van der Waals surface area contributed by atoms with Crippen LogP contribution in [0, 0.1) is 23.0 Å². The Hall–Kier alpha value is -4.00. The second kappa shape index (κ2) is 7.79. The third kappa shape index (κ3) is 3.65. The minimum absolute atomic E-state index is 0.129. The van der Waals surface area contributed by atoms with Crippen LogP contribution in [-0.4, -0.2) is 34.9 Å². The number of benzene rings is 1. The average molecular weight is 410 g/mol. The number of pyridine rings is 1. The lowest BCUT2D eigenvalue weighted by Crippen LogP contribution is -2.29. The number of hydrogen-bond acceptors (Lipinski definition) is 5. The molecule has 1 aromatic carbocycles. The van der Waals surface area contributed by atoms with Crippen LogP contribution in [0.25, 0.3) is 10.9 Å². The predicted octanol–water partition coefficient (Wildman–Crippen LogP) is 2.89. The largest absolute Gasteiger partial charge is 0.359 e. The van der Waals surface area contributed by atoms with Gasteiger partial charge in [0.25, 0.3) is 0 Å². The molecule has 3 N–H and O–H groups in total. The first-order chi connectivity index (χ1) is 14.5. The lowest BCUT2D eigenvalue weighted by Gasteiger charge is -2.18. The first-order valence-corrected chi connectivity index (χ1v) is 9.20. The second-order valence-corrected chi connectivity index (χ2v) is 6.82. The zero-order valence-electron chi connectivity index (χ0n) is 15.6. The van der Waals surface area contributed by atoms with E-state index in [4.69, 9.17) is 0 Å². The first-order valence-electron chi connectivity index (χ1n) is 9.20. The smallest absolute Gasteiger partial charge is 0.314 e. The standard InChI is InChI=1S/C20H16F2N6O2/c21-14-6-13-16(7-15(14)22)24-10-17(13)27-20(30)19(29)26-12-5-11(8-23)18(25-9-12)28-3-1-2-4-28/h5-7,9-10,24H,1-4H2,(H,26,29)(H,27,30). The van der Waals surface area contributed by atoms with E-state index in [0.29, 0.717) is 11.4 Å². The maximum atomic E-state index is 13.5. The fraction of sp³-hybridized carbons (Fsp3) is 0.200. The summed E-state index contributed by atoms with van der Waals surface area (Å²) in [5.41, 5.74) is 0.889. The van der Waals surface area contributed by atoms with Gasteiger partial charge >= 0.3 is 11.8 Å². The molecule has 8 nitrogen and oxygen atoms in total. The van der Waals surface area contributed by atoms with Gasteiger partial charge in [-0.2, -0.15) is 5.26 Å². The predicted molar refractivity (Wildman–Crippen MR) is 106 cm³/mol. The number of amides is 2. The number of carbonyl (C=O) groups is 2. The number of H-pyrrole nitrogens is 1. The Morgan fingerprint density at radius 1 is 1.10 bits per heavy atom. The van der Waals surface area contributed by atoms with Gasteiger partial charge in [-0.1, -0.05) is 0 Å². The molecule has 2 amide bonds. The summed E-state index contributed by atoms with van der Waals surface area (Å²) < 4.78 is 26.8. The van der Waals surface area contributed by atoms with Gasteiger partial charge in [0.2, 0.25) is 0 Å². The monoisotopic (exact) mass is 410 g/mol. The van der Waals surface area contributed by atoms with Gasteiger partial charge in [-0.15, -0.1) is 0 Å². The number of anilines is 3. The molecule has 4 rings (SSSR count). The second-order valence-electron chi connectivity index (χ2n) is 6.82. The van der Waals surface area contributed by atoms with Crippen molar-refractivity contribution in [3.63, 3.8) is 0 Å². The summed E-state index contributed by atoms with van der Waals surface area (Å²) >= 11 is 0. The Morgan fingerprint density at radius 2 is 1.80 bits per heavy atom. The van der Waals surface area contributed by atoms with E-state index in [9.17, 15) is 23.6 Å². The topological polar surface area (TPSA) is 114 Å². The van der Waals surface area contributed by atoms with E-state index in [1.807, 2.05) is 4.90 Å². The van der Waals surface area contributed by atoms with Crippen LogP contribution in [0.5, 0.6) is 0 Å². The molecular weight excluding hydrogens is 394 g/mol. The molecule has 152 valence electrons. The van der Waals surface area contributed by atoms with Gasteiger partial charge in [0.15, 0.2) is 11.6 Å². The van der Waals surface area contributed by atoms with Crippen LogP contribution in [-0.2, 0) is 9.59 Å². The summed E-state index contributed by atoms with van der Waals surface area (Å²) in [5, 5.41) is 14.4. The van der Waals surface area contributed by atoms with E-state index in [-0.39, 0.29) is 22.3 Å². The van der Waals surface area contributed by atoms with Crippen molar-refractivity contribution in [2.45, 2.75) is 12.8 Å². The minimum Gasteiger partial charge on any atom is -0.359 e. The molecule has 0 spiro atoms. The van der Waals surface area contributed by atoms with Crippen LogP contribution in [0.1, 0.15) is 18.4 Å². The first kappa shape index (κ1) is 19.3. The van der Waals surface area contributed by atoms with Crippen LogP contribution >= 0.6 is 0 Å². The molecule has 0 radical (unpaired) electrons. The fourth-order valence-corrected chi connectivity index (χ4v) is 3.38. The zero-order chi connectivity index (χ0) is 21.3. The minimum atomic E-state index is -1.07. The maximum absolute atomic E-state index is 13.5. The molecule has 1 aliphatic heterocycles. The Morgan fingerprint density at radius 3 is 2.53 bits per heavy atom. The highest BCUT2D eigenvalue weighted by atomic mass is 19.2. The van der Waals surface area contributed by atoms with Crippen molar-refractivity contribution in [1.82, 2.24) is 9.97 Å². The lowest BCUT2D eigenvalue weighted by molar-refractivity contribution is -0.132. The van der Waals surface area contributed by atoms with E-state index in [2.05, 4.69) is 26.7 Å². The molecule has 1 fully saturated rings. The third-order valence-electron chi connectivity index (χ3n) is 4.83. The lowest BCUT2D eigenvalue weighted by atomic mass is 10.2. The van der Waals surface area contributed by atoms with Crippen LogP contribution in [0.15, 0.2) is 30.6 Å². The van der Waals surface area contributed by atoms with Gasteiger partial charge in [-0.3, -0.25) is 9.59 Å². The Bertz CT molecular complexity index is 1190. The molecular formula is C20H16F2N6O2. The van der Waals surface area contributed by atoms with Gasteiger partial charge in [-0.25, -0.2) is 13.8 Å². The van der Waals surface area contributed by atoms with Crippen molar-refractivity contribution in [3.05, 3.63) is 47.8 Å². The number of aromatic amines is 1. The summed E-state index contributed by atoms with van der Waals surface area (Å²) in [6, 6.07) is 5.39. The molecule has 0 bridgehead atoms. The zero-order valence-corrected chi connectivity index (χ0v) is 15.6. The number of nitrogens with zero attached hydrogens (tertiary/aromatic N) is 3. The summed E-state index contributed by atoms with van der Waals surface area (Å²) in [6.07, 6.45) is 4.75. The Labute approximate surface area is 169 Å². The van der Waals surface area contributed by atoms with E-state index in [1.165, 1.54) is 18.5 Å². The molecule has 0 saturated carbocycles. The number of hydrogen-bond donors (Lipinski definition) is 3. The van der Waals surface area contributed by atoms with Crippen molar-refractivity contribution < 1.29 is 18.4 Å². The van der Waals surface area contributed by atoms with Gasteiger partial charge in [-0.05, 0) is 25.0 Å². The number of rotatable bonds is 3. The fourth-order valence-electron chi connectivity index (χ4n) is 3.38. The quantitative estimate of drug-likeness (QED) is 0.575. The van der Waals surface area contributed by atoms with E-state index < -0.39 is 23.4 Å². The van der Waals surface area contributed by atoms with Crippen LogP contribution < -0.4 is 15.5 Å². The molecule has 1 aliphatic rings. The van der Waals surface area contributed by atoms with Gasteiger partial charge in [0.1, 0.15) is 11.9 Å². The molecule has 30 heavy (non-hydrogen) atoms. The summed E-state index contributed by atoms with van der Waals surface area (Å²) in [7, 11) is 0. The molecule has 0 aliphatic carbocycles. The van der Waals surface area contributed by atoms with E-state index in [1.54, 1.807) is 0 Å². The van der Waals surface area contributed by atoms with Crippen molar-refractivity contribution in [2.24, 2.45) is 0 Å². The van der Waals surface area contributed by atoms with Crippen LogP contribution in [0.4, 0.5) is 26.0 Å². The number of nitriles is 1. The molecule has 3 aromatic rings. The number of nitrogens with one attached hydrogen (secondary N) is 3. The summed E-state index contributed by atoms with van der Waals surface area (Å²) in [4.78, 5) is 33.4. The molecule has 0 atom stereocenters. The molecule has 1 saturated heterocycles. The van der Waals surface area contributed by atoms with Crippen LogP contribution in [0.3, 0.4) is 0 Å². The van der Waals surface area contributed by atoms with Crippen molar-refractivity contribution in [2.75, 3.05) is 28.6 Å². The SMILES string of the molecule is N#Cc1cc(NC(=O)C(=O)Nc2c[nH]c3cc(F)c(F)cc23)cnc1N1CCCC1. The Balaban J connectivity index is 1.48. The molecule has 2 aromatic heterocycles.